The zero-order chi connectivity index (χ0) is 44.9. The van der Waals surface area contributed by atoms with Gasteiger partial charge < -0.3 is 50.9 Å². The van der Waals surface area contributed by atoms with E-state index >= 15 is 0 Å². The van der Waals surface area contributed by atoms with Crippen molar-refractivity contribution in [1.29, 1.82) is 0 Å². The second kappa shape index (κ2) is 23.1. The third kappa shape index (κ3) is 16.5. The maximum atomic E-state index is 12.7. The van der Waals surface area contributed by atoms with Gasteiger partial charge in [0.05, 0.1) is 19.5 Å². The molecule has 2 amide bonds. The number of imidazole rings is 1. The average Bonchev–Trinajstić information content (AvgIpc) is 3.72. The van der Waals surface area contributed by atoms with Gasteiger partial charge in [-0.2, -0.15) is 4.31 Å². The molecule has 2 aromatic heterocycles. The minimum absolute atomic E-state index is 0.0222. The summed E-state index contributed by atoms with van der Waals surface area (Å²) in [5.74, 6) is -1.35. The highest BCUT2D eigenvalue weighted by atomic mass is 32.2. The Morgan fingerprint density at radius 3 is 2.43 bits per heavy atom. The number of aromatic nitrogens is 4. The summed E-state index contributed by atoms with van der Waals surface area (Å²) in [6, 6.07) is 0. The fourth-order valence-corrected chi connectivity index (χ4v) is 9.06. The van der Waals surface area contributed by atoms with Gasteiger partial charge in [0.15, 0.2) is 22.8 Å². The first-order chi connectivity index (χ1) is 28.0. The van der Waals surface area contributed by atoms with Crippen LogP contribution < -0.4 is 16.4 Å². The summed E-state index contributed by atoms with van der Waals surface area (Å²) < 4.78 is 62.3. The summed E-state index contributed by atoms with van der Waals surface area (Å²) in [6.07, 6.45) is 2.48. The molecule has 0 aliphatic carbocycles. The number of aliphatic hydroxyl groups is 2. The van der Waals surface area contributed by atoms with Crippen molar-refractivity contribution in [2.45, 2.75) is 96.9 Å². The van der Waals surface area contributed by atoms with E-state index in [0.717, 1.165) is 54.7 Å². The zero-order valence-corrected chi connectivity index (χ0v) is 36.8. The number of nitrogens with one attached hydrogen (secondary N) is 2. The normalized spacial score (nSPS) is 21.7. The van der Waals surface area contributed by atoms with Crippen LogP contribution in [0.1, 0.15) is 72.4 Å². The largest absolute Gasteiger partial charge is 0.481 e. The van der Waals surface area contributed by atoms with E-state index in [-0.39, 0.29) is 47.5 Å². The van der Waals surface area contributed by atoms with Crippen LogP contribution in [-0.4, -0.2) is 123 Å². The summed E-state index contributed by atoms with van der Waals surface area (Å²) >= 11 is 1.10. The van der Waals surface area contributed by atoms with Gasteiger partial charge in [-0.15, -0.1) is 0 Å². The average molecular weight is 934 g/mol. The lowest BCUT2D eigenvalue weighted by Crippen LogP contribution is -2.46. The third-order valence-corrected chi connectivity index (χ3v) is 12.9. The molecule has 1 aliphatic heterocycles. The molecule has 8 atom stereocenters. The number of carbonyl (C=O) groups is 3. The van der Waals surface area contributed by atoms with E-state index in [2.05, 4.69) is 41.3 Å². The van der Waals surface area contributed by atoms with Crippen LogP contribution in [0, 0.1) is 11.3 Å². The number of thioether (sulfide) groups is 1. The number of amides is 2. The summed E-state index contributed by atoms with van der Waals surface area (Å²) in [5.41, 5.74) is 4.27. The number of fused-ring (bicyclic) bond motifs is 1. The van der Waals surface area contributed by atoms with Crippen LogP contribution in [0.5, 0.6) is 0 Å². The molecule has 2 unspecified atom stereocenters. The van der Waals surface area contributed by atoms with Gasteiger partial charge in [-0.1, -0.05) is 70.9 Å². The van der Waals surface area contributed by atoms with Crippen molar-refractivity contribution in [1.82, 2.24) is 30.2 Å². The van der Waals surface area contributed by atoms with E-state index in [1.807, 2.05) is 19.1 Å². The van der Waals surface area contributed by atoms with Gasteiger partial charge in [0.1, 0.15) is 36.3 Å². The molecule has 2 aromatic rings. The first kappa shape index (κ1) is 51.6. The number of anilines is 1. The number of nitrogens with zero attached hydrogens (tertiary/aromatic N) is 4. The number of hydrogen-bond acceptors (Lipinski definition) is 18. The van der Waals surface area contributed by atoms with E-state index in [1.54, 1.807) is 0 Å². The summed E-state index contributed by atoms with van der Waals surface area (Å²) in [6.45, 7) is 4.46. The Morgan fingerprint density at radius 1 is 1.05 bits per heavy atom. The maximum Gasteiger partial charge on any atom is 0.481 e. The number of aliphatic hydroxyl groups excluding tert-OH is 2. The number of phosphoric acid groups is 3. The highest BCUT2D eigenvalue weighted by Gasteiger charge is 2.50. The first-order valence-electron chi connectivity index (χ1n) is 18.7. The minimum Gasteiger partial charge on any atom is -0.386 e. The summed E-state index contributed by atoms with van der Waals surface area (Å²) in [4.78, 5) is 88.2. The Morgan fingerprint density at radius 2 is 1.75 bits per heavy atom. The fourth-order valence-electron chi connectivity index (χ4n) is 5.48. The third-order valence-electron chi connectivity index (χ3n) is 8.77. The van der Waals surface area contributed by atoms with Gasteiger partial charge in [0, 0.05) is 36.6 Å². The van der Waals surface area contributed by atoms with Gasteiger partial charge >= 0.3 is 23.5 Å². The molecule has 1 fully saturated rings. The van der Waals surface area contributed by atoms with Gasteiger partial charge in [-0.05, 0) is 12.8 Å². The molecular formula is C32H54N7O17P3S. The number of unbranched alkanes of at least 4 members (excludes halogenated alkanes) is 4. The molecule has 0 bridgehead atoms. The highest BCUT2D eigenvalue weighted by molar-refractivity contribution is 8.13. The Bertz CT molecular complexity index is 1930. The lowest BCUT2D eigenvalue weighted by molar-refractivity contribution is -0.137. The van der Waals surface area contributed by atoms with E-state index in [4.69, 9.17) is 19.5 Å². The Balaban J connectivity index is 1.43. The number of carbonyl (C=O) groups excluding carboxylic acids is 3. The number of allylic oxidation sites excluding steroid dienone is 2. The number of phosphoric ester groups is 3. The van der Waals surface area contributed by atoms with Crippen LogP contribution in [0.4, 0.5) is 5.82 Å². The minimum atomic E-state index is -5.57. The predicted octanol–water partition coefficient (Wildman–Crippen LogP) is 1.83. The van der Waals surface area contributed by atoms with Crippen molar-refractivity contribution >= 4 is 69.1 Å². The molecule has 340 valence electrons. The Hall–Kier alpha value is -2.70. The molecule has 0 saturated carbocycles. The number of hydrogen-bond donors (Lipinski definition) is 9. The second-order valence-electron chi connectivity index (χ2n) is 14.3. The smallest absolute Gasteiger partial charge is 0.386 e. The van der Waals surface area contributed by atoms with E-state index in [9.17, 15) is 57.9 Å². The number of nitrogen functional groups attached to an aromatic ring is 1. The number of rotatable bonds is 26. The second-order valence-corrected chi connectivity index (χ2v) is 19.6. The van der Waals surface area contributed by atoms with E-state index < -0.39 is 84.6 Å². The van der Waals surface area contributed by atoms with Crippen molar-refractivity contribution in [2.75, 3.05) is 37.8 Å². The van der Waals surface area contributed by atoms with Crippen LogP contribution in [0.25, 0.3) is 11.2 Å². The molecule has 1 saturated heterocycles. The molecular weight excluding hydrogens is 879 g/mol. The molecule has 28 heteroatoms. The fraction of sp³-hybridized carbons (Fsp3) is 0.688. The van der Waals surface area contributed by atoms with Gasteiger partial charge in [0.2, 0.25) is 11.8 Å². The molecule has 0 spiro atoms. The predicted molar refractivity (Wildman–Crippen MR) is 214 cm³/mol. The van der Waals surface area contributed by atoms with Crippen molar-refractivity contribution in [3.8, 4) is 0 Å². The Labute approximate surface area is 349 Å². The molecule has 60 heavy (non-hydrogen) atoms. The molecule has 1 aliphatic rings. The lowest BCUT2D eigenvalue weighted by atomic mass is 9.87. The number of nitrogens with two attached hydrogens (primary N) is 1. The van der Waals surface area contributed by atoms with Crippen LogP contribution in [0.3, 0.4) is 0 Å². The van der Waals surface area contributed by atoms with Crippen LogP contribution in [-0.2, 0) is 50.7 Å². The van der Waals surface area contributed by atoms with Crippen LogP contribution >= 0.6 is 35.2 Å². The maximum absolute atomic E-state index is 12.7. The van der Waals surface area contributed by atoms with Gasteiger partial charge in [-0.3, -0.25) is 32.5 Å². The van der Waals surface area contributed by atoms with Crippen LogP contribution in [0.15, 0.2) is 24.8 Å². The van der Waals surface area contributed by atoms with Crippen molar-refractivity contribution in [3.05, 3.63) is 24.8 Å². The monoisotopic (exact) mass is 933 g/mol. The van der Waals surface area contributed by atoms with Crippen molar-refractivity contribution in [2.24, 2.45) is 11.3 Å². The molecule has 0 radical (unpaired) electrons. The summed E-state index contributed by atoms with van der Waals surface area (Å²) in [5, 5.41) is 26.5. The van der Waals surface area contributed by atoms with Crippen molar-refractivity contribution < 1.29 is 80.5 Å². The highest BCUT2D eigenvalue weighted by Crippen LogP contribution is 2.61. The molecule has 3 heterocycles. The molecule has 0 aromatic carbocycles. The molecule has 24 nitrogen and oxygen atoms in total. The summed E-state index contributed by atoms with van der Waals surface area (Å²) in [7, 11) is -16.4. The Kier molecular flexibility index (Phi) is 19.9. The van der Waals surface area contributed by atoms with E-state index in [0.29, 0.717) is 5.75 Å². The SMILES string of the molecule is CCCCCC/C=C/[C@@H](C)C(=O)SCCNC(=O)CCNC(=O)[C@H](O)C(C)(C)COP(=O)(O)OP(=O)(O)OC[C@H]1O[C@@H](n2cnc3c(N)ncnc32)[C@H](O)[C@@H]1OP(=O)(O)O. The van der Waals surface area contributed by atoms with Crippen LogP contribution in [0.2, 0.25) is 0 Å². The number of ether oxygens (including phenoxy) is 1. The first-order valence-corrected chi connectivity index (χ1v) is 24.2. The molecule has 10 N–H and O–H groups in total. The topological polar surface area (TPSA) is 364 Å². The molecule has 3 rings (SSSR count). The van der Waals surface area contributed by atoms with E-state index in [1.165, 1.54) is 20.3 Å². The van der Waals surface area contributed by atoms with Gasteiger partial charge in [0.25, 0.3) is 0 Å². The van der Waals surface area contributed by atoms with Crippen molar-refractivity contribution in [3.63, 3.8) is 0 Å². The lowest BCUT2D eigenvalue weighted by Gasteiger charge is -2.30. The quantitative estimate of drug-likeness (QED) is 0.0369. The standard InChI is InChI=1S/C32H54N7O17P3S/c1-5-6-7-8-9-10-11-20(2)31(44)60-15-14-34-22(40)12-13-35-29(43)26(42)32(3,4)17-53-59(50,51)56-58(48,49)52-16-21-25(55-57(45,46)47)24(41)30(54-21)39-19-38-23-27(33)36-18-37-28(23)39/h10-11,18-21,24-26,30,41-42H,5-9,12-17H2,1-4H3,(H,34,40)(H,35,43)(H,48,49)(H,50,51)(H2,33,36,37)(H2,45,46,47)/b11-10+/t20-,21-,24-,25-,26+,30-/m1/s1. The van der Waals surface area contributed by atoms with Gasteiger partial charge in [-0.25, -0.2) is 28.6 Å². The zero-order valence-electron chi connectivity index (χ0n) is 33.3.